The first kappa shape index (κ1) is 18.5. The van der Waals surface area contributed by atoms with Crippen LogP contribution in [0.15, 0.2) is 24.5 Å². The van der Waals surface area contributed by atoms with E-state index in [1.165, 1.54) is 5.69 Å². The molecule has 152 valence electrons. The Morgan fingerprint density at radius 2 is 2.00 bits per heavy atom. The maximum absolute atomic E-state index is 10.6. The molecule has 5 heterocycles. The molecule has 7 nitrogen and oxygen atoms in total. The fourth-order valence-corrected chi connectivity index (χ4v) is 5.52. The van der Waals surface area contributed by atoms with Gasteiger partial charge < -0.3 is 9.84 Å². The van der Waals surface area contributed by atoms with Gasteiger partial charge in [-0.1, -0.05) is 6.07 Å². The summed E-state index contributed by atoms with van der Waals surface area (Å²) in [6.07, 6.45) is 6.94. The van der Waals surface area contributed by atoms with Crippen LogP contribution in [-0.2, 0) is 11.3 Å². The van der Waals surface area contributed by atoms with Crippen molar-refractivity contribution in [3.8, 4) is 0 Å². The number of fused-ring (bicyclic) bond motifs is 1. The Balaban J connectivity index is 1.23. The molecular weight excluding hydrogens is 354 g/mol. The first-order valence-electron chi connectivity index (χ1n) is 10.7. The van der Waals surface area contributed by atoms with E-state index in [1.807, 2.05) is 10.6 Å². The van der Waals surface area contributed by atoms with Crippen molar-refractivity contribution in [3.05, 3.63) is 30.2 Å². The third-order valence-electron chi connectivity index (χ3n) is 7.04. The number of aromatic nitrogens is 3. The Morgan fingerprint density at radius 3 is 2.82 bits per heavy atom. The minimum absolute atomic E-state index is 0.188. The van der Waals surface area contributed by atoms with Gasteiger partial charge >= 0.3 is 0 Å². The highest BCUT2D eigenvalue weighted by atomic mass is 16.5. The van der Waals surface area contributed by atoms with Gasteiger partial charge in [0.25, 0.3) is 0 Å². The van der Waals surface area contributed by atoms with Gasteiger partial charge in [-0.3, -0.25) is 9.80 Å². The van der Waals surface area contributed by atoms with Crippen molar-refractivity contribution >= 4 is 5.65 Å². The molecule has 3 fully saturated rings. The molecule has 0 bridgehead atoms. The number of ether oxygens (including phenoxy) is 1. The van der Waals surface area contributed by atoms with E-state index in [0.29, 0.717) is 6.04 Å². The van der Waals surface area contributed by atoms with Gasteiger partial charge in [0.15, 0.2) is 5.65 Å². The highest BCUT2D eigenvalue weighted by Gasteiger charge is 2.43. The lowest BCUT2D eigenvalue weighted by Crippen LogP contribution is -2.57. The van der Waals surface area contributed by atoms with Crippen LogP contribution in [0.2, 0.25) is 0 Å². The van der Waals surface area contributed by atoms with Crippen LogP contribution in [0, 0.1) is 5.41 Å². The Bertz CT molecular complexity index is 795. The van der Waals surface area contributed by atoms with Gasteiger partial charge in [0, 0.05) is 38.9 Å². The molecule has 1 N–H and O–H groups in total. The number of piperidine rings is 2. The fourth-order valence-electron chi connectivity index (χ4n) is 5.52. The lowest BCUT2D eigenvalue weighted by atomic mass is 9.71. The molecule has 28 heavy (non-hydrogen) atoms. The standard InChI is InChI=1S/C21H31N5O2/c27-19-12-21(15-25(14-19)17-4-10-28-11-5-17)6-8-24(9-7-21)13-18-2-1-3-20-22-16-23-26(18)20/h1-3,16-17,19,27H,4-15H2. The molecule has 0 saturated carbocycles. The van der Waals surface area contributed by atoms with Crippen molar-refractivity contribution in [1.29, 1.82) is 0 Å². The Kier molecular flexibility index (Phi) is 5.09. The van der Waals surface area contributed by atoms with E-state index in [4.69, 9.17) is 4.74 Å². The lowest BCUT2D eigenvalue weighted by Gasteiger charge is -2.51. The number of rotatable bonds is 3. The first-order chi connectivity index (χ1) is 13.7. The number of hydrogen-bond acceptors (Lipinski definition) is 6. The molecule has 2 aromatic heterocycles. The van der Waals surface area contributed by atoms with Crippen molar-refractivity contribution in [2.75, 3.05) is 39.4 Å². The average Bonchev–Trinajstić information content (AvgIpc) is 3.20. The van der Waals surface area contributed by atoms with Gasteiger partial charge in [0.1, 0.15) is 6.33 Å². The second-order valence-corrected chi connectivity index (χ2v) is 8.95. The number of hydrogen-bond donors (Lipinski definition) is 1. The smallest absolute Gasteiger partial charge is 0.155 e. The summed E-state index contributed by atoms with van der Waals surface area (Å²) in [4.78, 5) is 9.39. The number of aliphatic hydroxyl groups excluding tert-OH is 1. The summed E-state index contributed by atoms with van der Waals surface area (Å²) in [7, 11) is 0. The third-order valence-corrected chi connectivity index (χ3v) is 7.04. The van der Waals surface area contributed by atoms with Crippen molar-refractivity contribution in [2.24, 2.45) is 5.41 Å². The van der Waals surface area contributed by atoms with E-state index in [9.17, 15) is 5.11 Å². The molecule has 1 spiro atoms. The summed E-state index contributed by atoms with van der Waals surface area (Å²) >= 11 is 0. The molecular formula is C21H31N5O2. The van der Waals surface area contributed by atoms with Crippen LogP contribution in [0.1, 0.15) is 37.8 Å². The Hall–Kier alpha value is -1.54. The zero-order chi connectivity index (χ0) is 19.0. The normalized spacial score (nSPS) is 27.5. The summed E-state index contributed by atoms with van der Waals surface area (Å²) in [6.45, 7) is 6.78. The second kappa shape index (κ2) is 7.71. The highest BCUT2D eigenvalue weighted by Crippen LogP contribution is 2.41. The molecule has 0 radical (unpaired) electrons. The molecule has 0 amide bonds. The fraction of sp³-hybridized carbons (Fsp3) is 0.714. The zero-order valence-corrected chi connectivity index (χ0v) is 16.5. The quantitative estimate of drug-likeness (QED) is 0.865. The Labute approximate surface area is 166 Å². The van der Waals surface area contributed by atoms with Crippen molar-refractivity contribution in [3.63, 3.8) is 0 Å². The van der Waals surface area contributed by atoms with Gasteiger partial charge in [-0.05, 0) is 62.7 Å². The van der Waals surface area contributed by atoms with Crippen LogP contribution in [0.4, 0.5) is 0 Å². The Morgan fingerprint density at radius 1 is 1.18 bits per heavy atom. The van der Waals surface area contributed by atoms with E-state index in [2.05, 4.69) is 32.0 Å². The molecule has 3 aliphatic heterocycles. The molecule has 3 aliphatic rings. The largest absolute Gasteiger partial charge is 0.392 e. The predicted molar refractivity (Wildman–Crippen MR) is 106 cm³/mol. The van der Waals surface area contributed by atoms with E-state index in [1.54, 1.807) is 6.33 Å². The summed E-state index contributed by atoms with van der Waals surface area (Å²) in [5.74, 6) is 0. The number of β-amino-alcohol motifs (C(OH)–C–C–N with tert-alkyl or cyclic N) is 1. The number of nitrogens with zero attached hydrogens (tertiary/aromatic N) is 5. The summed E-state index contributed by atoms with van der Waals surface area (Å²) < 4.78 is 7.49. The molecule has 2 aromatic rings. The van der Waals surface area contributed by atoms with Gasteiger partial charge in [-0.15, -0.1) is 0 Å². The lowest BCUT2D eigenvalue weighted by molar-refractivity contribution is -0.0727. The van der Waals surface area contributed by atoms with Gasteiger partial charge in [-0.2, -0.15) is 5.10 Å². The van der Waals surface area contributed by atoms with Gasteiger partial charge in [0.05, 0.1) is 11.8 Å². The van der Waals surface area contributed by atoms with Crippen LogP contribution < -0.4 is 0 Å². The molecule has 1 unspecified atom stereocenters. The SMILES string of the molecule is OC1CN(C2CCOCC2)CC2(CCN(Cc3cccc4ncnn34)CC2)C1. The van der Waals surface area contributed by atoms with E-state index in [0.717, 1.165) is 83.7 Å². The van der Waals surface area contributed by atoms with E-state index in [-0.39, 0.29) is 11.5 Å². The van der Waals surface area contributed by atoms with Gasteiger partial charge in [0.2, 0.25) is 0 Å². The first-order valence-corrected chi connectivity index (χ1v) is 10.7. The van der Waals surface area contributed by atoms with Crippen LogP contribution in [0.25, 0.3) is 5.65 Å². The molecule has 1 atom stereocenters. The molecule has 0 aliphatic carbocycles. The van der Waals surface area contributed by atoms with Crippen molar-refractivity contribution in [1.82, 2.24) is 24.4 Å². The van der Waals surface area contributed by atoms with E-state index < -0.39 is 0 Å². The predicted octanol–water partition coefficient (Wildman–Crippen LogP) is 1.56. The maximum Gasteiger partial charge on any atom is 0.155 e. The molecule has 7 heteroatoms. The minimum Gasteiger partial charge on any atom is -0.392 e. The van der Waals surface area contributed by atoms with Gasteiger partial charge in [-0.25, -0.2) is 9.50 Å². The number of aliphatic hydroxyl groups is 1. The molecule has 0 aromatic carbocycles. The maximum atomic E-state index is 10.6. The second-order valence-electron chi connectivity index (χ2n) is 8.95. The summed E-state index contributed by atoms with van der Waals surface area (Å²) in [6, 6.07) is 6.79. The number of pyridine rings is 1. The van der Waals surface area contributed by atoms with E-state index >= 15 is 0 Å². The minimum atomic E-state index is -0.188. The molecule has 3 saturated heterocycles. The van der Waals surface area contributed by atoms with Crippen molar-refractivity contribution < 1.29 is 9.84 Å². The van der Waals surface area contributed by atoms with Crippen LogP contribution in [-0.4, -0.2) is 81.0 Å². The summed E-state index contributed by atoms with van der Waals surface area (Å²) in [5.41, 5.74) is 2.37. The zero-order valence-electron chi connectivity index (χ0n) is 16.5. The monoisotopic (exact) mass is 385 g/mol. The average molecular weight is 386 g/mol. The topological polar surface area (TPSA) is 66.1 Å². The summed E-state index contributed by atoms with van der Waals surface area (Å²) in [5, 5.41) is 15.0. The molecule has 5 rings (SSSR count). The number of likely N-dealkylation sites (tertiary alicyclic amines) is 2. The highest BCUT2D eigenvalue weighted by molar-refractivity contribution is 5.37. The van der Waals surface area contributed by atoms with Crippen LogP contribution in [0.5, 0.6) is 0 Å². The van der Waals surface area contributed by atoms with Crippen LogP contribution in [0.3, 0.4) is 0 Å². The van der Waals surface area contributed by atoms with Crippen molar-refractivity contribution in [2.45, 2.75) is 50.8 Å². The third kappa shape index (κ3) is 3.68. The van der Waals surface area contributed by atoms with Crippen LogP contribution >= 0.6 is 0 Å².